The molecule has 0 saturated heterocycles. The molecule has 1 heteroatoms. The van der Waals surface area contributed by atoms with Crippen LogP contribution in [0.1, 0.15) is 92.4 Å². The molecule has 0 aromatic carbocycles. The largest absolute Gasteiger partial charge is 0.312 e. The lowest BCUT2D eigenvalue weighted by Crippen LogP contribution is -2.44. The average molecular weight is 268 g/mol. The number of nitrogens with one attached hydrogen (secondary N) is 1. The van der Waals surface area contributed by atoms with Crippen LogP contribution in [0.25, 0.3) is 0 Å². The smallest absolute Gasteiger partial charge is 0.00967 e. The summed E-state index contributed by atoms with van der Waals surface area (Å²) in [5.74, 6) is 1.01. The van der Waals surface area contributed by atoms with Crippen LogP contribution in [-0.2, 0) is 0 Å². The Kier molecular flexibility index (Phi) is 6.86. The summed E-state index contributed by atoms with van der Waals surface area (Å²) in [4.78, 5) is 0. The Balaban J connectivity index is 2.62. The molecule has 1 fully saturated rings. The molecule has 1 N–H and O–H groups in total. The topological polar surface area (TPSA) is 12.0 Å². The van der Waals surface area contributed by atoms with Gasteiger partial charge in [0.2, 0.25) is 0 Å². The average Bonchev–Trinajstić information content (AvgIpc) is 2.84. The van der Waals surface area contributed by atoms with Gasteiger partial charge in [-0.1, -0.05) is 52.4 Å². The molecule has 1 rings (SSSR count). The fourth-order valence-corrected chi connectivity index (χ4v) is 3.54. The minimum absolute atomic E-state index is 0.252. The van der Waals surface area contributed by atoms with Crippen molar-refractivity contribution in [1.29, 1.82) is 0 Å². The molecule has 0 aromatic heterocycles. The molecular formula is C18H37N. The molecule has 0 aromatic rings. The second-order valence-corrected chi connectivity index (χ2v) is 7.92. The first-order valence-corrected chi connectivity index (χ1v) is 8.66. The van der Waals surface area contributed by atoms with Crippen LogP contribution in [0, 0.1) is 11.3 Å². The maximum atomic E-state index is 3.80. The molecule has 0 heterocycles. The Bertz CT molecular complexity index is 235. The van der Waals surface area contributed by atoms with Crippen LogP contribution < -0.4 is 5.32 Å². The van der Waals surface area contributed by atoms with Gasteiger partial charge in [0.25, 0.3) is 0 Å². The standard InChI is InChI=1S/C18H37N/c1-6-8-13-18(7-2,15-19-17(3,4)5)14-16-11-9-10-12-16/h16,19H,6-15H2,1-5H3. The SMILES string of the molecule is CCCCC(CC)(CNC(C)(C)C)CC1CCCC1. The van der Waals surface area contributed by atoms with E-state index in [0.717, 1.165) is 5.92 Å². The highest BCUT2D eigenvalue weighted by atomic mass is 15.0. The number of unbranched alkanes of at least 4 members (excludes halogenated alkanes) is 1. The molecule has 0 spiro atoms. The zero-order valence-electron chi connectivity index (χ0n) is 14.1. The summed E-state index contributed by atoms with van der Waals surface area (Å²) in [6.45, 7) is 12.8. The van der Waals surface area contributed by atoms with Gasteiger partial charge in [0.05, 0.1) is 0 Å². The van der Waals surface area contributed by atoms with Gasteiger partial charge < -0.3 is 5.32 Å². The third kappa shape index (κ3) is 6.29. The van der Waals surface area contributed by atoms with Crippen molar-refractivity contribution in [1.82, 2.24) is 5.32 Å². The molecule has 0 aliphatic heterocycles. The van der Waals surface area contributed by atoms with Crippen molar-refractivity contribution >= 4 is 0 Å². The van der Waals surface area contributed by atoms with Crippen molar-refractivity contribution < 1.29 is 0 Å². The zero-order valence-corrected chi connectivity index (χ0v) is 14.1. The van der Waals surface area contributed by atoms with E-state index in [4.69, 9.17) is 0 Å². The van der Waals surface area contributed by atoms with Crippen LogP contribution in [0.2, 0.25) is 0 Å². The Labute approximate surface area is 121 Å². The minimum Gasteiger partial charge on any atom is -0.312 e. The Morgan fingerprint density at radius 1 is 1.05 bits per heavy atom. The van der Waals surface area contributed by atoms with Crippen LogP contribution in [0.15, 0.2) is 0 Å². The Morgan fingerprint density at radius 3 is 2.16 bits per heavy atom. The van der Waals surface area contributed by atoms with Gasteiger partial charge in [-0.3, -0.25) is 0 Å². The van der Waals surface area contributed by atoms with Gasteiger partial charge in [-0.25, -0.2) is 0 Å². The molecule has 0 radical (unpaired) electrons. The maximum absolute atomic E-state index is 3.80. The first-order chi connectivity index (χ1) is 8.91. The molecule has 19 heavy (non-hydrogen) atoms. The van der Waals surface area contributed by atoms with Crippen molar-refractivity contribution in [2.24, 2.45) is 11.3 Å². The summed E-state index contributed by atoms with van der Waals surface area (Å²) < 4.78 is 0. The van der Waals surface area contributed by atoms with Crippen LogP contribution in [-0.4, -0.2) is 12.1 Å². The second kappa shape index (κ2) is 7.67. The van der Waals surface area contributed by atoms with E-state index in [9.17, 15) is 0 Å². The van der Waals surface area contributed by atoms with E-state index in [1.165, 1.54) is 64.3 Å². The lowest BCUT2D eigenvalue weighted by Gasteiger charge is -2.38. The van der Waals surface area contributed by atoms with E-state index >= 15 is 0 Å². The van der Waals surface area contributed by atoms with Crippen molar-refractivity contribution in [2.45, 2.75) is 97.9 Å². The molecule has 1 nitrogen and oxygen atoms in total. The lowest BCUT2D eigenvalue weighted by molar-refractivity contribution is 0.160. The van der Waals surface area contributed by atoms with Crippen molar-refractivity contribution in [2.75, 3.05) is 6.54 Å². The zero-order chi connectivity index (χ0) is 14.4. The minimum atomic E-state index is 0.252. The normalized spacial score (nSPS) is 20.7. The molecule has 0 bridgehead atoms. The van der Waals surface area contributed by atoms with Crippen LogP contribution >= 0.6 is 0 Å². The third-order valence-electron chi connectivity index (χ3n) is 5.00. The summed E-state index contributed by atoms with van der Waals surface area (Å²) in [6, 6.07) is 0. The summed E-state index contributed by atoms with van der Waals surface area (Å²) in [6.07, 6.45) is 12.9. The van der Waals surface area contributed by atoms with E-state index in [0.29, 0.717) is 5.41 Å². The van der Waals surface area contributed by atoms with Gasteiger partial charge in [-0.15, -0.1) is 0 Å². The highest BCUT2D eigenvalue weighted by Crippen LogP contribution is 2.41. The lowest BCUT2D eigenvalue weighted by atomic mass is 9.72. The van der Waals surface area contributed by atoms with Gasteiger partial charge in [0, 0.05) is 12.1 Å². The quantitative estimate of drug-likeness (QED) is 0.608. The van der Waals surface area contributed by atoms with Gasteiger partial charge in [0.1, 0.15) is 0 Å². The van der Waals surface area contributed by atoms with Crippen LogP contribution in [0.5, 0.6) is 0 Å². The molecule has 1 saturated carbocycles. The van der Waals surface area contributed by atoms with Gasteiger partial charge in [-0.2, -0.15) is 0 Å². The van der Waals surface area contributed by atoms with Crippen LogP contribution in [0.4, 0.5) is 0 Å². The Morgan fingerprint density at radius 2 is 1.68 bits per heavy atom. The van der Waals surface area contributed by atoms with E-state index in [1.807, 2.05) is 0 Å². The van der Waals surface area contributed by atoms with E-state index in [1.54, 1.807) is 0 Å². The molecule has 1 aliphatic carbocycles. The summed E-state index contributed by atoms with van der Waals surface area (Å²) >= 11 is 0. The number of hydrogen-bond donors (Lipinski definition) is 1. The van der Waals surface area contributed by atoms with Gasteiger partial charge in [0.15, 0.2) is 0 Å². The molecule has 1 unspecified atom stereocenters. The van der Waals surface area contributed by atoms with Crippen molar-refractivity contribution in [3.05, 3.63) is 0 Å². The van der Waals surface area contributed by atoms with E-state index < -0.39 is 0 Å². The molecule has 0 amide bonds. The fraction of sp³-hybridized carbons (Fsp3) is 1.00. The molecule has 1 atom stereocenters. The fourth-order valence-electron chi connectivity index (χ4n) is 3.54. The third-order valence-corrected chi connectivity index (χ3v) is 5.00. The number of hydrogen-bond acceptors (Lipinski definition) is 1. The maximum Gasteiger partial charge on any atom is 0.00967 e. The van der Waals surface area contributed by atoms with Gasteiger partial charge in [-0.05, 0) is 51.4 Å². The van der Waals surface area contributed by atoms with E-state index in [2.05, 4.69) is 39.9 Å². The molecular weight excluding hydrogens is 230 g/mol. The first kappa shape index (κ1) is 17.0. The second-order valence-electron chi connectivity index (χ2n) is 7.92. The summed E-state index contributed by atoms with van der Waals surface area (Å²) in [5.41, 5.74) is 0.806. The molecule has 114 valence electrons. The predicted octanol–water partition coefficient (Wildman–Crippen LogP) is 5.54. The molecule has 1 aliphatic rings. The summed E-state index contributed by atoms with van der Waals surface area (Å²) in [5, 5.41) is 3.80. The van der Waals surface area contributed by atoms with Gasteiger partial charge >= 0.3 is 0 Å². The monoisotopic (exact) mass is 267 g/mol. The van der Waals surface area contributed by atoms with Crippen LogP contribution in [0.3, 0.4) is 0 Å². The highest BCUT2D eigenvalue weighted by Gasteiger charge is 2.32. The highest BCUT2D eigenvalue weighted by molar-refractivity contribution is 4.87. The van der Waals surface area contributed by atoms with Crippen molar-refractivity contribution in [3.8, 4) is 0 Å². The van der Waals surface area contributed by atoms with Crippen molar-refractivity contribution in [3.63, 3.8) is 0 Å². The van der Waals surface area contributed by atoms with E-state index in [-0.39, 0.29) is 5.54 Å². The predicted molar refractivity (Wildman–Crippen MR) is 86.6 cm³/mol. The summed E-state index contributed by atoms with van der Waals surface area (Å²) in [7, 11) is 0. The first-order valence-electron chi connectivity index (χ1n) is 8.66. The number of rotatable bonds is 8. The Hall–Kier alpha value is -0.0400.